The van der Waals surface area contributed by atoms with Gasteiger partial charge in [0.05, 0.1) is 13.0 Å². The number of hydrogen-bond acceptors (Lipinski definition) is 9. The summed E-state index contributed by atoms with van der Waals surface area (Å²) < 4.78 is 20.2. The van der Waals surface area contributed by atoms with Crippen molar-refractivity contribution >= 4 is 23.9 Å². The molecular formula is C22H31NO8. The van der Waals surface area contributed by atoms with Gasteiger partial charge in [0.25, 0.3) is 0 Å². The van der Waals surface area contributed by atoms with Crippen LogP contribution in [0.5, 0.6) is 11.5 Å². The summed E-state index contributed by atoms with van der Waals surface area (Å²) in [7, 11) is 1.27. The molecule has 1 unspecified atom stereocenters. The van der Waals surface area contributed by atoms with Crippen LogP contribution in [0.1, 0.15) is 40.2 Å². The maximum Gasteiger partial charge on any atom is 0.323 e. The molecule has 31 heavy (non-hydrogen) atoms. The van der Waals surface area contributed by atoms with Gasteiger partial charge in [-0.25, -0.2) is 0 Å². The van der Waals surface area contributed by atoms with Crippen molar-refractivity contribution in [2.75, 3.05) is 20.3 Å². The number of hydrogen-bond donors (Lipinski definition) is 1. The molecule has 0 aliphatic carbocycles. The smallest absolute Gasteiger partial charge is 0.323 e. The van der Waals surface area contributed by atoms with Crippen molar-refractivity contribution < 1.29 is 38.1 Å². The largest absolute Gasteiger partial charge is 0.468 e. The molecule has 172 valence electrons. The van der Waals surface area contributed by atoms with Crippen LogP contribution in [-0.2, 0) is 35.1 Å². The molecule has 0 radical (unpaired) electrons. The van der Waals surface area contributed by atoms with Gasteiger partial charge in [0.1, 0.15) is 12.6 Å². The highest BCUT2D eigenvalue weighted by atomic mass is 16.6. The first-order chi connectivity index (χ1) is 14.5. The number of ether oxygens (including phenoxy) is 4. The number of nitrogens with one attached hydrogen (secondary N) is 1. The van der Waals surface area contributed by atoms with E-state index in [1.807, 2.05) is 13.8 Å². The van der Waals surface area contributed by atoms with E-state index in [-0.39, 0.29) is 48.9 Å². The minimum atomic E-state index is -0.726. The predicted molar refractivity (Wildman–Crippen MR) is 112 cm³/mol. The van der Waals surface area contributed by atoms with Crippen LogP contribution in [0.3, 0.4) is 0 Å². The summed E-state index contributed by atoms with van der Waals surface area (Å²) in [6, 6.07) is 3.92. The van der Waals surface area contributed by atoms with Crippen LogP contribution in [0, 0.1) is 11.8 Å². The number of benzene rings is 1. The zero-order valence-electron chi connectivity index (χ0n) is 18.9. The molecule has 0 bridgehead atoms. The monoisotopic (exact) mass is 437 g/mol. The highest BCUT2D eigenvalue weighted by molar-refractivity contribution is 5.76. The van der Waals surface area contributed by atoms with E-state index < -0.39 is 23.9 Å². The lowest BCUT2D eigenvalue weighted by Gasteiger charge is -2.18. The maximum absolute atomic E-state index is 12.2. The SMILES string of the molecule is COC(=O)[C@H](Cc1ccc(OC(C)=O)c(OC(C)=O)c1)NCCOC(=O)C(C)C(C)C. The van der Waals surface area contributed by atoms with Gasteiger partial charge in [-0.05, 0) is 30.0 Å². The Kier molecular flexibility index (Phi) is 10.7. The van der Waals surface area contributed by atoms with Crippen LogP contribution in [0.2, 0.25) is 0 Å². The summed E-state index contributed by atoms with van der Waals surface area (Å²) in [5.41, 5.74) is 0.639. The second kappa shape index (κ2) is 12.7. The molecule has 1 rings (SSSR count). The van der Waals surface area contributed by atoms with Crippen molar-refractivity contribution in [2.24, 2.45) is 11.8 Å². The highest BCUT2D eigenvalue weighted by Gasteiger charge is 2.22. The summed E-state index contributed by atoms with van der Waals surface area (Å²) >= 11 is 0. The molecule has 2 atom stereocenters. The fourth-order valence-electron chi connectivity index (χ4n) is 2.56. The van der Waals surface area contributed by atoms with Gasteiger partial charge in [-0.3, -0.25) is 19.2 Å². The van der Waals surface area contributed by atoms with Crippen LogP contribution in [-0.4, -0.2) is 50.2 Å². The Balaban J connectivity index is 2.82. The van der Waals surface area contributed by atoms with E-state index in [0.29, 0.717) is 5.56 Å². The lowest BCUT2D eigenvalue weighted by molar-refractivity contribution is -0.149. The molecule has 0 saturated carbocycles. The molecule has 0 heterocycles. The Morgan fingerprint density at radius 2 is 1.55 bits per heavy atom. The van der Waals surface area contributed by atoms with E-state index in [9.17, 15) is 19.2 Å². The zero-order chi connectivity index (χ0) is 23.6. The van der Waals surface area contributed by atoms with Crippen molar-refractivity contribution in [3.8, 4) is 11.5 Å². The van der Waals surface area contributed by atoms with E-state index in [1.54, 1.807) is 13.0 Å². The average molecular weight is 437 g/mol. The van der Waals surface area contributed by atoms with Gasteiger partial charge >= 0.3 is 23.9 Å². The third kappa shape index (κ3) is 9.17. The minimum absolute atomic E-state index is 0.0698. The number of carbonyl (C=O) groups is 4. The van der Waals surface area contributed by atoms with Crippen LogP contribution < -0.4 is 14.8 Å². The summed E-state index contributed by atoms with van der Waals surface area (Å²) in [4.78, 5) is 46.7. The normalized spacial score (nSPS) is 12.6. The topological polar surface area (TPSA) is 117 Å². The van der Waals surface area contributed by atoms with Gasteiger partial charge in [-0.1, -0.05) is 26.8 Å². The zero-order valence-corrected chi connectivity index (χ0v) is 18.9. The standard InChI is InChI=1S/C22H31NO8/c1-13(2)14(3)21(26)29-10-9-23-18(22(27)28-6)11-17-7-8-19(30-15(4)24)20(12-17)31-16(5)25/h7-8,12-14,18,23H,9-11H2,1-6H3/t14?,18-/m0/s1. The van der Waals surface area contributed by atoms with Crippen molar-refractivity contribution in [3.63, 3.8) is 0 Å². The molecule has 0 fully saturated rings. The Labute approximate surface area is 182 Å². The Hall–Kier alpha value is -2.94. The van der Waals surface area contributed by atoms with Gasteiger partial charge in [-0.2, -0.15) is 0 Å². The van der Waals surface area contributed by atoms with Crippen molar-refractivity contribution in [1.82, 2.24) is 5.32 Å². The molecule has 0 saturated heterocycles. The molecule has 1 aromatic rings. The molecule has 0 aromatic heterocycles. The van der Waals surface area contributed by atoms with Crippen LogP contribution in [0.25, 0.3) is 0 Å². The maximum atomic E-state index is 12.2. The average Bonchev–Trinajstić information content (AvgIpc) is 2.69. The Bertz CT molecular complexity index is 790. The lowest BCUT2D eigenvalue weighted by Crippen LogP contribution is -2.41. The van der Waals surface area contributed by atoms with E-state index in [2.05, 4.69) is 5.32 Å². The summed E-state index contributed by atoms with van der Waals surface area (Å²) in [5.74, 6) is -1.81. The Morgan fingerprint density at radius 1 is 0.935 bits per heavy atom. The van der Waals surface area contributed by atoms with E-state index in [4.69, 9.17) is 18.9 Å². The lowest BCUT2D eigenvalue weighted by atomic mass is 9.99. The molecule has 9 nitrogen and oxygen atoms in total. The number of carbonyl (C=O) groups excluding carboxylic acids is 4. The minimum Gasteiger partial charge on any atom is -0.468 e. The van der Waals surface area contributed by atoms with E-state index >= 15 is 0 Å². The van der Waals surface area contributed by atoms with Gasteiger partial charge in [0.15, 0.2) is 11.5 Å². The van der Waals surface area contributed by atoms with Crippen LogP contribution >= 0.6 is 0 Å². The van der Waals surface area contributed by atoms with Gasteiger partial charge in [0, 0.05) is 20.4 Å². The molecule has 0 amide bonds. The summed E-state index contributed by atoms with van der Waals surface area (Å²) in [6.07, 6.45) is 0.206. The fraction of sp³-hybridized carbons (Fsp3) is 0.545. The van der Waals surface area contributed by atoms with Crippen molar-refractivity contribution in [1.29, 1.82) is 0 Å². The molecular weight excluding hydrogens is 406 g/mol. The van der Waals surface area contributed by atoms with Crippen LogP contribution in [0.4, 0.5) is 0 Å². The molecule has 0 spiro atoms. The molecule has 1 aromatic carbocycles. The Morgan fingerprint density at radius 3 is 2.10 bits per heavy atom. The third-order valence-electron chi connectivity index (χ3n) is 4.55. The van der Waals surface area contributed by atoms with E-state index in [0.717, 1.165) is 0 Å². The number of methoxy groups -OCH3 is 1. The van der Waals surface area contributed by atoms with Crippen LogP contribution in [0.15, 0.2) is 18.2 Å². The number of esters is 4. The second-order valence-electron chi connectivity index (χ2n) is 7.40. The summed E-state index contributed by atoms with van der Waals surface area (Å²) in [6.45, 7) is 8.49. The van der Waals surface area contributed by atoms with Gasteiger partial charge in [-0.15, -0.1) is 0 Å². The summed E-state index contributed by atoms with van der Waals surface area (Å²) in [5, 5.41) is 3.00. The fourth-order valence-corrected chi connectivity index (χ4v) is 2.56. The highest BCUT2D eigenvalue weighted by Crippen LogP contribution is 2.29. The first-order valence-corrected chi connectivity index (χ1v) is 10.0. The first kappa shape index (κ1) is 26.1. The first-order valence-electron chi connectivity index (χ1n) is 10.0. The van der Waals surface area contributed by atoms with E-state index in [1.165, 1.54) is 33.1 Å². The van der Waals surface area contributed by atoms with Gasteiger partial charge < -0.3 is 24.3 Å². The molecule has 0 aliphatic rings. The van der Waals surface area contributed by atoms with Crippen molar-refractivity contribution in [2.45, 2.75) is 47.1 Å². The molecule has 0 aliphatic heterocycles. The number of rotatable bonds is 11. The quantitative estimate of drug-likeness (QED) is 0.315. The third-order valence-corrected chi connectivity index (χ3v) is 4.55. The van der Waals surface area contributed by atoms with Gasteiger partial charge in [0.2, 0.25) is 0 Å². The molecule has 9 heteroatoms. The molecule has 1 N–H and O–H groups in total. The van der Waals surface area contributed by atoms with Crippen molar-refractivity contribution in [3.05, 3.63) is 23.8 Å². The second-order valence-corrected chi connectivity index (χ2v) is 7.40. The predicted octanol–water partition coefficient (Wildman–Crippen LogP) is 2.05.